The lowest BCUT2D eigenvalue weighted by Gasteiger charge is -2.07. The summed E-state index contributed by atoms with van der Waals surface area (Å²) in [6.45, 7) is 0.813. The Morgan fingerprint density at radius 3 is 3.04 bits per heavy atom. The van der Waals surface area contributed by atoms with Gasteiger partial charge in [-0.15, -0.1) is 33.3 Å². The van der Waals surface area contributed by atoms with Crippen molar-refractivity contribution in [3.63, 3.8) is 0 Å². The number of hydrogen-bond donors (Lipinski definition) is 1. The molecule has 0 spiro atoms. The van der Waals surface area contributed by atoms with Gasteiger partial charge in [-0.3, -0.25) is 4.79 Å². The molecule has 130 valence electrons. The van der Waals surface area contributed by atoms with Crippen LogP contribution in [-0.4, -0.2) is 32.7 Å². The van der Waals surface area contributed by atoms with Crippen LogP contribution >= 0.6 is 34.9 Å². The van der Waals surface area contributed by atoms with Gasteiger partial charge in [-0.2, -0.15) is 0 Å². The van der Waals surface area contributed by atoms with Crippen molar-refractivity contribution >= 4 is 46.5 Å². The molecular formula is C17H18N4OS3. The number of aromatic nitrogens is 3. The molecule has 3 aromatic rings. The largest absolute Gasteiger partial charge is 0.325 e. The molecule has 0 radical (unpaired) electrons. The molecule has 0 aliphatic rings. The van der Waals surface area contributed by atoms with E-state index in [1.807, 2.05) is 35.1 Å². The molecule has 25 heavy (non-hydrogen) atoms. The van der Waals surface area contributed by atoms with E-state index >= 15 is 0 Å². The standard InChI is InChI=1S/C17H18N4OS3/c1-23-15-5-2-4-13(10-15)19-16(22)11-25-17-20-18-12-21(17)8-7-14-6-3-9-24-14/h2-6,9-10,12H,7-8,11H2,1H3,(H,19,22). The van der Waals surface area contributed by atoms with Crippen LogP contribution in [0.3, 0.4) is 0 Å². The number of rotatable bonds is 8. The SMILES string of the molecule is CSc1cccc(NC(=O)CSc2nncn2CCc2cccs2)c1. The van der Waals surface area contributed by atoms with Crippen molar-refractivity contribution in [1.82, 2.24) is 14.8 Å². The summed E-state index contributed by atoms with van der Waals surface area (Å²) in [4.78, 5) is 14.6. The first-order chi connectivity index (χ1) is 12.2. The number of aryl methyl sites for hydroxylation is 2. The third-order valence-corrected chi connectivity index (χ3v) is 6.09. The fourth-order valence-corrected chi connectivity index (χ4v) is 4.12. The summed E-state index contributed by atoms with van der Waals surface area (Å²) in [6, 6.07) is 12.0. The van der Waals surface area contributed by atoms with Crippen molar-refractivity contribution < 1.29 is 4.79 Å². The Morgan fingerprint density at radius 1 is 1.32 bits per heavy atom. The summed E-state index contributed by atoms with van der Waals surface area (Å²) in [5.41, 5.74) is 0.816. The van der Waals surface area contributed by atoms with Gasteiger partial charge in [-0.1, -0.05) is 23.9 Å². The number of hydrogen-bond acceptors (Lipinski definition) is 6. The second-order valence-corrected chi connectivity index (χ2v) is 8.06. The lowest BCUT2D eigenvalue weighted by atomic mass is 10.3. The molecule has 1 aromatic carbocycles. The number of nitrogens with zero attached hydrogens (tertiary/aromatic N) is 3. The average Bonchev–Trinajstić information content (AvgIpc) is 3.30. The molecule has 8 heteroatoms. The smallest absolute Gasteiger partial charge is 0.234 e. The zero-order chi connectivity index (χ0) is 17.5. The van der Waals surface area contributed by atoms with Gasteiger partial charge >= 0.3 is 0 Å². The van der Waals surface area contributed by atoms with E-state index in [4.69, 9.17) is 0 Å². The molecule has 0 atom stereocenters. The van der Waals surface area contributed by atoms with Gasteiger partial charge in [0.15, 0.2) is 5.16 Å². The molecular weight excluding hydrogens is 372 g/mol. The molecule has 2 heterocycles. The van der Waals surface area contributed by atoms with Crippen LogP contribution in [0.4, 0.5) is 5.69 Å². The lowest BCUT2D eigenvalue weighted by Crippen LogP contribution is -2.14. The fourth-order valence-electron chi connectivity index (χ4n) is 2.22. The molecule has 2 aromatic heterocycles. The fraction of sp³-hybridized carbons (Fsp3) is 0.235. The molecule has 0 aliphatic heterocycles. The van der Waals surface area contributed by atoms with Crippen LogP contribution in [0.1, 0.15) is 4.88 Å². The van der Waals surface area contributed by atoms with E-state index in [1.165, 1.54) is 16.6 Å². The zero-order valence-electron chi connectivity index (χ0n) is 13.7. The van der Waals surface area contributed by atoms with Crippen molar-refractivity contribution in [2.45, 2.75) is 23.0 Å². The first kappa shape index (κ1) is 18.0. The van der Waals surface area contributed by atoms with Gasteiger partial charge < -0.3 is 9.88 Å². The van der Waals surface area contributed by atoms with Crippen LogP contribution < -0.4 is 5.32 Å². The van der Waals surface area contributed by atoms with Crippen LogP contribution in [0.5, 0.6) is 0 Å². The number of amides is 1. The lowest BCUT2D eigenvalue weighted by molar-refractivity contribution is -0.113. The normalized spacial score (nSPS) is 10.8. The highest BCUT2D eigenvalue weighted by Gasteiger charge is 2.09. The zero-order valence-corrected chi connectivity index (χ0v) is 16.2. The highest BCUT2D eigenvalue weighted by atomic mass is 32.2. The minimum Gasteiger partial charge on any atom is -0.325 e. The Balaban J connectivity index is 1.51. The minimum atomic E-state index is -0.0453. The number of nitrogens with one attached hydrogen (secondary N) is 1. The molecule has 0 saturated carbocycles. The maximum absolute atomic E-state index is 12.2. The van der Waals surface area contributed by atoms with Crippen molar-refractivity contribution in [1.29, 1.82) is 0 Å². The van der Waals surface area contributed by atoms with Crippen LogP contribution in [-0.2, 0) is 17.8 Å². The Bertz CT molecular complexity index is 817. The van der Waals surface area contributed by atoms with Gasteiger partial charge in [0.1, 0.15) is 6.33 Å². The molecule has 0 aliphatic carbocycles. The van der Waals surface area contributed by atoms with E-state index in [1.54, 1.807) is 29.4 Å². The van der Waals surface area contributed by atoms with Crippen LogP contribution in [0.25, 0.3) is 0 Å². The van der Waals surface area contributed by atoms with Crippen molar-refractivity contribution in [3.05, 3.63) is 53.0 Å². The monoisotopic (exact) mass is 390 g/mol. The Morgan fingerprint density at radius 2 is 2.24 bits per heavy atom. The van der Waals surface area contributed by atoms with E-state index in [0.717, 1.165) is 28.7 Å². The van der Waals surface area contributed by atoms with Gasteiger partial charge in [-0.05, 0) is 42.3 Å². The summed E-state index contributed by atoms with van der Waals surface area (Å²) in [6.07, 6.45) is 4.67. The van der Waals surface area contributed by atoms with E-state index in [2.05, 4.69) is 33.0 Å². The summed E-state index contributed by atoms with van der Waals surface area (Å²) >= 11 is 4.80. The third kappa shape index (κ3) is 5.35. The summed E-state index contributed by atoms with van der Waals surface area (Å²) < 4.78 is 1.99. The maximum atomic E-state index is 12.2. The second-order valence-electron chi connectivity index (χ2n) is 5.21. The minimum absolute atomic E-state index is 0.0453. The van der Waals surface area contributed by atoms with E-state index in [0.29, 0.717) is 5.75 Å². The van der Waals surface area contributed by atoms with Crippen LogP contribution in [0.2, 0.25) is 0 Å². The predicted molar refractivity (Wildman–Crippen MR) is 106 cm³/mol. The second kappa shape index (κ2) is 9.07. The predicted octanol–water partition coefficient (Wildman–Crippen LogP) is 4.04. The van der Waals surface area contributed by atoms with E-state index in [9.17, 15) is 4.79 Å². The highest BCUT2D eigenvalue weighted by Crippen LogP contribution is 2.20. The summed E-state index contributed by atoms with van der Waals surface area (Å²) in [5.74, 6) is 0.261. The highest BCUT2D eigenvalue weighted by molar-refractivity contribution is 7.99. The number of anilines is 1. The number of benzene rings is 1. The number of carbonyl (C=O) groups is 1. The molecule has 0 saturated heterocycles. The average molecular weight is 391 g/mol. The molecule has 5 nitrogen and oxygen atoms in total. The summed E-state index contributed by atoms with van der Waals surface area (Å²) in [5, 5.41) is 13.9. The molecule has 1 amide bonds. The first-order valence-electron chi connectivity index (χ1n) is 7.71. The van der Waals surface area contributed by atoms with Gasteiger partial charge in [0.05, 0.1) is 5.75 Å². The van der Waals surface area contributed by atoms with Crippen molar-refractivity contribution in [2.75, 3.05) is 17.3 Å². The van der Waals surface area contributed by atoms with Gasteiger partial charge in [-0.25, -0.2) is 0 Å². The topological polar surface area (TPSA) is 59.8 Å². The maximum Gasteiger partial charge on any atom is 0.234 e. The quantitative estimate of drug-likeness (QED) is 0.588. The molecule has 0 fully saturated rings. The number of thioether (sulfide) groups is 2. The van der Waals surface area contributed by atoms with Crippen LogP contribution in [0.15, 0.2) is 58.2 Å². The first-order valence-corrected chi connectivity index (χ1v) is 10.8. The van der Waals surface area contributed by atoms with Crippen LogP contribution in [0, 0.1) is 0 Å². The number of thiophene rings is 1. The Kier molecular flexibility index (Phi) is 6.55. The molecule has 1 N–H and O–H groups in total. The number of carbonyl (C=O) groups excluding carboxylic acids is 1. The molecule has 3 rings (SSSR count). The van der Waals surface area contributed by atoms with Gasteiger partial charge in [0, 0.05) is 22.0 Å². The molecule has 0 bridgehead atoms. The Labute approximate surface area is 159 Å². The van der Waals surface area contributed by atoms with E-state index < -0.39 is 0 Å². The van der Waals surface area contributed by atoms with Gasteiger partial charge in [0.25, 0.3) is 0 Å². The molecule has 0 unspecified atom stereocenters. The summed E-state index contributed by atoms with van der Waals surface area (Å²) in [7, 11) is 0. The van der Waals surface area contributed by atoms with E-state index in [-0.39, 0.29) is 5.91 Å². The third-order valence-electron chi connectivity index (χ3n) is 3.45. The van der Waals surface area contributed by atoms with Crippen molar-refractivity contribution in [3.8, 4) is 0 Å². The van der Waals surface area contributed by atoms with Gasteiger partial charge in [0.2, 0.25) is 5.91 Å². The van der Waals surface area contributed by atoms with Crippen molar-refractivity contribution in [2.24, 2.45) is 0 Å². The Hall–Kier alpha value is -1.77.